The van der Waals surface area contributed by atoms with Crippen LogP contribution in [0.2, 0.25) is 0 Å². The van der Waals surface area contributed by atoms with E-state index in [2.05, 4.69) is 4.72 Å². The highest BCUT2D eigenvalue weighted by Gasteiger charge is 2.31. The van der Waals surface area contributed by atoms with Crippen LogP contribution in [0.3, 0.4) is 0 Å². The first kappa shape index (κ1) is 16.4. The van der Waals surface area contributed by atoms with Crippen LogP contribution >= 0.6 is 0 Å². The molecule has 0 amide bonds. The summed E-state index contributed by atoms with van der Waals surface area (Å²) in [6.07, 6.45) is 1.30. The van der Waals surface area contributed by atoms with E-state index in [0.29, 0.717) is 31.3 Å². The van der Waals surface area contributed by atoms with Crippen molar-refractivity contribution >= 4 is 16.2 Å². The van der Waals surface area contributed by atoms with Crippen molar-refractivity contribution in [2.75, 3.05) is 13.1 Å². The van der Waals surface area contributed by atoms with Crippen LogP contribution in [0, 0.1) is 11.8 Å². The van der Waals surface area contributed by atoms with Crippen LogP contribution in [0.25, 0.3) is 0 Å². The molecular formula is C12H24N2O4S. The second-order valence-electron chi connectivity index (χ2n) is 5.59. The number of hydrogen-bond donors (Lipinski definition) is 2. The normalized spacial score (nSPS) is 27.1. The maximum atomic E-state index is 12.2. The van der Waals surface area contributed by atoms with Gasteiger partial charge < -0.3 is 5.11 Å². The van der Waals surface area contributed by atoms with E-state index in [1.807, 2.05) is 13.8 Å². The summed E-state index contributed by atoms with van der Waals surface area (Å²) in [4.78, 5) is 10.7. The molecule has 0 aromatic heterocycles. The van der Waals surface area contributed by atoms with Crippen molar-refractivity contribution in [3.63, 3.8) is 0 Å². The summed E-state index contributed by atoms with van der Waals surface area (Å²) in [5.41, 5.74) is 0. The van der Waals surface area contributed by atoms with Gasteiger partial charge in [0.05, 0.1) is 6.42 Å². The van der Waals surface area contributed by atoms with Crippen molar-refractivity contribution in [3.8, 4) is 0 Å². The molecule has 6 nitrogen and oxygen atoms in total. The Morgan fingerprint density at radius 1 is 1.37 bits per heavy atom. The maximum absolute atomic E-state index is 12.2. The third kappa shape index (κ3) is 5.08. The molecule has 7 heteroatoms. The quantitative estimate of drug-likeness (QED) is 0.766. The van der Waals surface area contributed by atoms with E-state index >= 15 is 0 Å². The Morgan fingerprint density at radius 3 is 2.32 bits per heavy atom. The highest BCUT2D eigenvalue weighted by Crippen LogP contribution is 2.23. The lowest BCUT2D eigenvalue weighted by molar-refractivity contribution is -0.137. The largest absolute Gasteiger partial charge is 0.481 e. The summed E-state index contributed by atoms with van der Waals surface area (Å²) < 4.78 is 28.4. The highest BCUT2D eigenvalue weighted by molar-refractivity contribution is 7.87. The lowest BCUT2D eigenvalue weighted by Crippen LogP contribution is -2.50. The Hall–Kier alpha value is -0.660. The Kier molecular flexibility index (Phi) is 5.76. The molecular weight excluding hydrogens is 268 g/mol. The molecule has 1 fully saturated rings. The highest BCUT2D eigenvalue weighted by atomic mass is 32.2. The monoisotopic (exact) mass is 292 g/mol. The molecule has 3 atom stereocenters. The van der Waals surface area contributed by atoms with Gasteiger partial charge in [-0.15, -0.1) is 0 Å². The molecule has 2 N–H and O–H groups in total. The van der Waals surface area contributed by atoms with E-state index in [-0.39, 0.29) is 6.42 Å². The number of rotatable bonds is 6. The van der Waals surface area contributed by atoms with Crippen LogP contribution in [-0.2, 0) is 15.0 Å². The smallest absolute Gasteiger partial charge is 0.304 e. The third-order valence-electron chi connectivity index (χ3n) is 3.40. The minimum absolute atomic E-state index is 0.186. The van der Waals surface area contributed by atoms with E-state index in [0.717, 1.165) is 6.42 Å². The van der Waals surface area contributed by atoms with Gasteiger partial charge in [0, 0.05) is 19.1 Å². The summed E-state index contributed by atoms with van der Waals surface area (Å²) in [7, 11) is -3.59. The Balaban J connectivity index is 2.71. The summed E-state index contributed by atoms with van der Waals surface area (Å²) in [6, 6.07) is -0.546. The van der Waals surface area contributed by atoms with E-state index in [9.17, 15) is 13.2 Å². The molecule has 1 saturated heterocycles. The Bertz CT molecular complexity index is 400. The topological polar surface area (TPSA) is 86.7 Å². The molecule has 3 unspecified atom stereocenters. The van der Waals surface area contributed by atoms with Gasteiger partial charge >= 0.3 is 5.97 Å². The molecule has 112 valence electrons. The molecule has 1 heterocycles. The lowest BCUT2D eigenvalue weighted by Gasteiger charge is -2.34. The first-order valence-corrected chi connectivity index (χ1v) is 8.17. The summed E-state index contributed by atoms with van der Waals surface area (Å²) >= 11 is 0. The van der Waals surface area contributed by atoms with Gasteiger partial charge in [0.15, 0.2) is 0 Å². The minimum Gasteiger partial charge on any atom is -0.481 e. The van der Waals surface area contributed by atoms with Crippen LogP contribution in [0.1, 0.15) is 40.0 Å². The van der Waals surface area contributed by atoms with Crippen LogP contribution in [-0.4, -0.2) is 42.9 Å². The average molecular weight is 292 g/mol. The third-order valence-corrected chi connectivity index (χ3v) is 5.01. The fourth-order valence-corrected chi connectivity index (χ4v) is 4.29. The van der Waals surface area contributed by atoms with Gasteiger partial charge in [-0.2, -0.15) is 17.4 Å². The molecule has 0 saturated carbocycles. The maximum Gasteiger partial charge on any atom is 0.304 e. The second kappa shape index (κ2) is 6.67. The first-order valence-electron chi connectivity index (χ1n) is 6.73. The molecule has 19 heavy (non-hydrogen) atoms. The Morgan fingerprint density at radius 2 is 1.89 bits per heavy atom. The molecule has 0 aromatic carbocycles. The van der Waals surface area contributed by atoms with E-state index in [1.54, 1.807) is 6.92 Å². The summed E-state index contributed by atoms with van der Waals surface area (Å²) in [5.74, 6) is -0.324. The molecule has 0 radical (unpaired) electrons. The lowest BCUT2D eigenvalue weighted by atomic mass is 9.94. The van der Waals surface area contributed by atoms with Gasteiger partial charge in [0.2, 0.25) is 0 Å². The zero-order chi connectivity index (χ0) is 14.6. The molecule has 0 bridgehead atoms. The number of nitrogens with one attached hydrogen (secondary N) is 1. The fraction of sp³-hybridized carbons (Fsp3) is 0.917. The van der Waals surface area contributed by atoms with Crippen LogP contribution in [0.4, 0.5) is 0 Å². The standard InChI is InChI=1S/C12H24N2O4S/c1-4-11(6-12(15)16)13-19(17,18)14-7-9(2)5-10(3)8-14/h9-11,13H,4-8H2,1-3H3,(H,15,16). The van der Waals surface area contributed by atoms with Crippen LogP contribution < -0.4 is 4.72 Å². The molecule has 0 aliphatic carbocycles. The van der Waals surface area contributed by atoms with Gasteiger partial charge in [-0.3, -0.25) is 4.79 Å². The van der Waals surface area contributed by atoms with Crippen molar-refractivity contribution < 1.29 is 18.3 Å². The first-order chi connectivity index (χ1) is 8.74. The fourth-order valence-electron chi connectivity index (χ4n) is 2.57. The van der Waals surface area contributed by atoms with Crippen LogP contribution in [0.15, 0.2) is 0 Å². The number of nitrogens with zero attached hydrogens (tertiary/aromatic N) is 1. The van der Waals surface area contributed by atoms with E-state index in [1.165, 1.54) is 4.31 Å². The van der Waals surface area contributed by atoms with E-state index < -0.39 is 22.2 Å². The van der Waals surface area contributed by atoms with Gasteiger partial charge in [-0.05, 0) is 24.7 Å². The molecule has 1 rings (SSSR count). The van der Waals surface area contributed by atoms with Gasteiger partial charge in [-0.25, -0.2) is 0 Å². The van der Waals surface area contributed by atoms with E-state index in [4.69, 9.17) is 5.11 Å². The SMILES string of the molecule is CCC(CC(=O)O)NS(=O)(=O)N1CC(C)CC(C)C1. The summed E-state index contributed by atoms with van der Waals surface area (Å²) in [5, 5.41) is 8.76. The number of carbonyl (C=O) groups is 1. The average Bonchev–Trinajstić information content (AvgIpc) is 2.25. The molecule has 1 aliphatic heterocycles. The molecule has 1 aliphatic rings. The Labute approximate surface area is 115 Å². The van der Waals surface area contributed by atoms with Crippen molar-refractivity contribution in [1.29, 1.82) is 0 Å². The zero-order valence-electron chi connectivity index (χ0n) is 11.8. The number of carboxylic acid groups (broad SMARTS) is 1. The summed E-state index contributed by atoms with van der Waals surface area (Å²) in [6.45, 7) is 6.85. The second-order valence-corrected chi connectivity index (χ2v) is 7.29. The number of aliphatic carboxylic acids is 1. The molecule has 0 spiro atoms. The molecule has 0 aromatic rings. The van der Waals surface area contributed by atoms with Crippen molar-refractivity contribution in [3.05, 3.63) is 0 Å². The van der Waals surface area contributed by atoms with Crippen molar-refractivity contribution in [2.24, 2.45) is 11.8 Å². The van der Waals surface area contributed by atoms with Crippen molar-refractivity contribution in [2.45, 2.75) is 46.1 Å². The number of piperidine rings is 1. The van der Waals surface area contributed by atoms with Gasteiger partial charge in [-0.1, -0.05) is 20.8 Å². The number of hydrogen-bond acceptors (Lipinski definition) is 3. The van der Waals surface area contributed by atoms with Crippen molar-refractivity contribution in [1.82, 2.24) is 9.03 Å². The zero-order valence-corrected chi connectivity index (χ0v) is 12.6. The predicted octanol–water partition coefficient (Wildman–Crippen LogP) is 1.05. The predicted molar refractivity (Wildman–Crippen MR) is 72.9 cm³/mol. The van der Waals surface area contributed by atoms with Gasteiger partial charge in [0.1, 0.15) is 0 Å². The minimum atomic E-state index is -3.59. The van der Waals surface area contributed by atoms with Crippen LogP contribution in [0.5, 0.6) is 0 Å². The van der Waals surface area contributed by atoms with Gasteiger partial charge in [0.25, 0.3) is 10.2 Å². The number of carboxylic acids is 1.